The maximum Gasteiger partial charge on any atom is 0.179 e. The third kappa shape index (κ3) is 1.42. The van der Waals surface area contributed by atoms with Crippen LogP contribution in [-0.4, -0.2) is 22.0 Å². The molecule has 0 bridgehead atoms. The minimum atomic E-state index is 0.186. The highest BCUT2D eigenvalue weighted by molar-refractivity contribution is 5.72. The molecule has 14 heavy (non-hydrogen) atoms. The molecule has 0 saturated carbocycles. The number of nitrogens with one attached hydrogen (secondary N) is 2. The number of rotatable bonds is 2. The average molecular weight is 191 g/mol. The Morgan fingerprint density at radius 1 is 1.43 bits per heavy atom. The fourth-order valence-electron chi connectivity index (χ4n) is 1.27. The smallest absolute Gasteiger partial charge is 0.179 e. The number of hydrogen-bond donors (Lipinski definition) is 3. The minimum Gasteiger partial charge on any atom is -0.384 e. The summed E-state index contributed by atoms with van der Waals surface area (Å²) in [6, 6.07) is 3.83. The van der Waals surface area contributed by atoms with E-state index in [0.29, 0.717) is 11.5 Å². The van der Waals surface area contributed by atoms with Gasteiger partial charge in [0.1, 0.15) is 11.6 Å². The van der Waals surface area contributed by atoms with Crippen molar-refractivity contribution in [3.8, 4) is 0 Å². The summed E-state index contributed by atoms with van der Waals surface area (Å²) in [4.78, 5) is 11.6. The monoisotopic (exact) mass is 191 g/mol. The van der Waals surface area contributed by atoms with Crippen molar-refractivity contribution >= 4 is 17.0 Å². The molecule has 2 aromatic heterocycles. The summed E-state index contributed by atoms with van der Waals surface area (Å²) >= 11 is 0. The number of anilines is 1. The molecule has 0 fully saturated rings. The number of nitrogens with zero attached hydrogens (tertiary/aromatic N) is 2. The molecule has 5 nitrogen and oxygen atoms in total. The van der Waals surface area contributed by atoms with Crippen molar-refractivity contribution in [2.24, 2.45) is 0 Å². The van der Waals surface area contributed by atoms with Crippen molar-refractivity contribution in [1.29, 1.82) is 0 Å². The lowest BCUT2D eigenvalue weighted by Gasteiger charge is -2.04. The number of H-pyrrole nitrogens is 1. The molecule has 0 aliphatic carbocycles. The van der Waals surface area contributed by atoms with E-state index in [1.807, 2.05) is 20.0 Å². The van der Waals surface area contributed by atoms with Gasteiger partial charge in [-0.1, -0.05) is 0 Å². The first kappa shape index (κ1) is 8.96. The second-order valence-electron chi connectivity index (χ2n) is 3.24. The fourth-order valence-corrected chi connectivity index (χ4v) is 1.27. The molecule has 0 amide bonds. The molecule has 0 aliphatic rings. The van der Waals surface area contributed by atoms with Crippen LogP contribution < -0.4 is 11.1 Å². The molecule has 0 aromatic carbocycles. The molecular weight excluding hydrogens is 178 g/mol. The molecule has 4 N–H and O–H groups in total. The summed E-state index contributed by atoms with van der Waals surface area (Å²) in [7, 11) is 1.89. The van der Waals surface area contributed by atoms with E-state index < -0.39 is 0 Å². The number of pyridine rings is 1. The van der Waals surface area contributed by atoms with Crippen molar-refractivity contribution in [1.82, 2.24) is 20.3 Å². The Kier molecular flexibility index (Phi) is 2.09. The van der Waals surface area contributed by atoms with Crippen LogP contribution in [0.4, 0.5) is 5.82 Å². The number of imidazole rings is 1. The van der Waals surface area contributed by atoms with Gasteiger partial charge < -0.3 is 16.0 Å². The maximum absolute atomic E-state index is 5.56. The van der Waals surface area contributed by atoms with Crippen LogP contribution in [0.3, 0.4) is 0 Å². The lowest BCUT2D eigenvalue weighted by atomic mass is 10.3. The fraction of sp³-hybridized carbons (Fsp3) is 0.333. The Balaban J connectivity index is 2.51. The Morgan fingerprint density at radius 2 is 2.21 bits per heavy atom. The molecule has 1 atom stereocenters. The second-order valence-corrected chi connectivity index (χ2v) is 3.24. The van der Waals surface area contributed by atoms with E-state index in [1.165, 1.54) is 0 Å². The molecule has 0 aliphatic heterocycles. The number of aromatic amines is 1. The van der Waals surface area contributed by atoms with Crippen LogP contribution in [0, 0.1) is 0 Å². The number of hydrogen-bond acceptors (Lipinski definition) is 4. The third-order valence-corrected chi connectivity index (χ3v) is 2.23. The Morgan fingerprint density at radius 3 is 2.93 bits per heavy atom. The lowest BCUT2D eigenvalue weighted by molar-refractivity contribution is 0.620. The molecule has 1 unspecified atom stereocenters. The zero-order valence-electron chi connectivity index (χ0n) is 8.20. The van der Waals surface area contributed by atoms with E-state index in [-0.39, 0.29) is 6.04 Å². The third-order valence-electron chi connectivity index (χ3n) is 2.23. The van der Waals surface area contributed by atoms with Crippen LogP contribution in [-0.2, 0) is 0 Å². The van der Waals surface area contributed by atoms with Gasteiger partial charge >= 0.3 is 0 Å². The van der Waals surface area contributed by atoms with Gasteiger partial charge in [-0.25, -0.2) is 9.97 Å². The van der Waals surface area contributed by atoms with Crippen LogP contribution in [0.2, 0.25) is 0 Å². The van der Waals surface area contributed by atoms with Crippen molar-refractivity contribution in [2.75, 3.05) is 12.8 Å². The molecule has 2 aromatic rings. The molecule has 74 valence electrons. The normalized spacial score (nSPS) is 13.3. The van der Waals surface area contributed by atoms with E-state index in [1.54, 1.807) is 6.07 Å². The van der Waals surface area contributed by atoms with Crippen LogP contribution in [0.15, 0.2) is 12.1 Å². The zero-order chi connectivity index (χ0) is 10.1. The highest BCUT2D eigenvalue weighted by atomic mass is 15.0. The van der Waals surface area contributed by atoms with Crippen molar-refractivity contribution in [3.63, 3.8) is 0 Å². The summed E-state index contributed by atoms with van der Waals surface area (Å²) in [6.45, 7) is 2.03. The molecule has 0 radical (unpaired) electrons. The largest absolute Gasteiger partial charge is 0.384 e. The van der Waals surface area contributed by atoms with Gasteiger partial charge in [-0.05, 0) is 26.1 Å². The second kappa shape index (κ2) is 3.26. The summed E-state index contributed by atoms with van der Waals surface area (Å²) in [5.41, 5.74) is 7.14. The SMILES string of the molecule is CNC(C)c1nc2nc(N)ccc2[nH]1. The first-order chi connectivity index (χ1) is 6.70. The van der Waals surface area contributed by atoms with Gasteiger partial charge in [-0.3, -0.25) is 0 Å². The van der Waals surface area contributed by atoms with E-state index >= 15 is 0 Å². The quantitative estimate of drug-likeness (QED) is 0.656. The molecule has 5 heteroatoms. The van der Waals surface area contributed by atoms with Crippen molar-refractivity contribution < 1.29 is 0 Å². The van der Waals surface area contributed by atoms with Crippen molar-refractivity contribution in [2.45, 2.75) is 13.0 Å². The van der Waals surface area contributed by atoms with Crippen LogP contribution in [0.5, 0.6) is 0 Å². The first-order valence-corrected chi connectivity index (χ1v) is 4.50. The zero-order valence-corrected chi connectivity index (χ0v) is 8.20. The highest BCUT2D eigenvalue weighted by Gasteiger charge is 2.08. The van der Waals surface area contributed by atoms with Gasteiger partial charge in [0.05, 0.1) is 11.6 Å². The predicted octanol–water partition coefficient (Wildman–Crippen LogP) is 0.820. The molecule has 0 spiro atoms. The van der Waals surface area contributed by atoms with Gasteiger partial charge in [0.15, 0.2) is 5.65 Å². The Bertz CT molecular complexity index is 447. The molecule has 2 heterocycles. The van der Waals surface area contributed by atoms with Crippen LogP contribution >= 0.6 is 0 Å². The van der Waals surface area contributed by atoms with Gasteiger partial charge in [0, 0.05) is 0 Å². The number of nitrogens with two attached hydrogens (primary N) is 1. The molecule has 0 saturated heterocycles. The molecule has 2 rings (SSSR count). The first-order valence-electron chi connectivity index (χ1n) is 4.50. The standard InChI is InChI=1S/C9H13N5/c1-5(11-2)8-12-6-3-4-7(10)13-9(6)14-8/h3-5,11H,1-2H3,(H3,10,12,13,14). The van der Waals surface area contributed by atoms with Gasteiger partial charge in [0.25, 0.3) is 0 Å². The number of fused-ring (bicyclic) bond motifs is 1. The summed E-state index contributed by atoms with van der Waals surface area (Å²) < 4.78 is 0. The van der Waals surface area contributed by atoms with Gasteiger partial charge in [-0.15, -0.1) is 0 Å². The molecular formula is C9H13N5. The Hall–Kier alpha value is -1.62. The minimum absolute atomic E-state index is 0.186. The average Bonchev–Trinajstić information content (AvgIpc) is 2.59. The van der Waals surface area contributed by atoms with E-state index in [9.17, 15) is 0 Å². The summed E-state index contributed by atoms with van der Waals surface area (Å²) in [5.74, 6) is 1.37. The van der Waals surface area contributed by atoms with Gasteiger partial charge in [0.2, 0.25) is 0 Å². The van der Waals surface area contributed by atoms with Crippen LogP contribution in [0.1, 0.15) is 18.8 Å². The maximum atomic E-state index is 5.56. The van der Waals surface area contributed by atoms with Crippen LogP contribution in [0.25, 0.3) is 11.2 Å². The van der Waals surface area contributed by atoms with Crippen molar-refractivity contribution in [3.05, 3.63) is 18.0 Å². The lowest BCUT2D eigenvalue weighted by Crippen LogP contribution is -2.13. The van der Waals surface area contributed by atoms with E-state index in [0.717, 1.165) is 11.3 Å². The Labute approximate surface area is 81.7 Å². The number of nitrogen functional groups attached to an aromatic ring is 1. The predicted molar refractivity (Wildman–Crippen MR) is 55.8 cm³/mol. The number of aromatic nitrogens is 3. The summed E-state index contributed by atoms with van der Waals surface area (Å²) in [5, 5.41) is 3.10. The van der Waals surface area contributed by atoms with E-state index in [2.05, 4.69) is 20.3 Å². The summed E-state index contributed by atoms with van der Waals surface area (Å²) in [6.07, 6.45) is 0. The van der Waals surface area contributed by atoms with E-state index in [4.69, 9.17) is 5.73 Å². The highest BCUT2D eigenvalue weighted by Crippen LogP contribution is 2.14. The van der Waals surface area contributed by atoms with Gasteiger partial charge in [-0.2, -0.15) is 0 Å². The topological polar surface area (TPSA) is 79.6 Å².